The lowest BCUT2D eigenvalue weighted by molar-refractivity contribution is 0.601. The number of anilines is 2. The van der Waals surface area contributed by atoms with E-state index in [0.717, 1.165) is 33.4 Å². The SMILES string of the molecule is CS(=O)(=O)Cc1cc(-c2ccc3nccc(Nc4cccc(Cl)c4)c3c2)cnc1Cl. The monoisotopic (exact) mass is 457 g/mol. The van der Waals surface area contributed by atoms with Gasteiger partial charge in [0.2, 0.25) is 0 Å². The van der Waals surface area contributed by atoms with Gasteiger partial charge in [0, 0.05) is 51.6 Å². The Kier molecular flexibility index (Phi) is 5.64. The van der Waals surface area contributed by atoms with E-state index in [1.165, 1.54) is 6.26 Å². The molecule has 0 aliphatic heterocycles. The molecule has 1 N–H and O–H groups in total. The van der Waals surface area contributed by atoms with Gasteiger partial charge in [0.15, 0.2) is 9.84 Å². The molecule has 0 fully saturated rings. The van der Waals surface area contributed by atoms with Crippen LogP contribution >= 0.6 is 23.2 Å². The van der Waals surface area contributed by atoms with E-state index in [1.54, 1.807) is 18.5 Å². The molecule has 0 unspecified atom stereocenters. The third kappa shape index (κ3) is 4.73. The summed E-state index contributed by atoms with van der Waals surface area (Å²) in [5.41, 5.74) is 4.69. The Bertz CT molecular complexity index is 1360. The Hall–Kier alpha value is -2.67. The molecule has 8 heteroatoms. The van der Waals surface area contributed by atoms with Gasteiger partial charge in [-0.05, 0) is 48.0 Å². The molecule has 30 heavy (non-hydrogen) atoms. The average molecular weight is 458 g/mol. The van der Waals surface area contributed by atoms with Gasteiger partial charge in [-0.25, -0.2) is 13.4 Å². The Labute approximate surface area is 184 Å². The van der Waals surface area contributed by atoms with E-state index in [9.17, 15) is 8.42 Å². The van der Waals surface area contributed by atoms with Crippen molar-refractivity contribution < 1.29 is 8.42 Å². The number of fused-ring (bicyclic) bond motifs is 1. The summed E-state index contributed by atoms with van der Waals surface area (Å²) in [4.78, 5) is 8.61. The lowest BCUT2D eigenvalue weighted by Gasteiger charge is -2.12. The van der Waals surface area contributed by atoms with Crippen LogP contribution in [0.25, 0.3) is 22.0 Å². The van der Waals surface area contributed by atoms with Crippen LogP contribution in [0.1, 0.15) is 5.56 Å². The zero-order valence-electron chi connectivity index (χ0n) is 15.9. The highest BCUT2D eigenvalue weighted by molar-refractivity contribution is 7.89. The maximum atomic E-state index is 11.7. The van der Waals surface area contributed by atoms with Crippen LogP contribution in [0.4, 0.5) is 11.4 Å². The molecular weight excluding hydrogens is 441 g/mol. The zero-order valence-corrected chi connectivity index (χ0v) is 18.3. The number of rotatable bonds is 5. The summed E-state index contributed by atoms with van der Waals surface area (Å²) in [6.45, 7) is 0. The van der Waals surface area contributed by atoms with E-state index < -0.39 is 9.84 Å². The number of nitrogens with one attached hydrogen (secondary N) is 1. The molecule has 2 aromatic heterocycles. The molecule has 0 atom stereocenters. The van der Waals surface area contributed by atoms with Crippen molar-refractivity contribution in [2.45, 2.75) is 5.75 Å². The summed E-state index contributed by atoms with van der Waals surface area (Å²) in [6.07, 6.45) is 4.55. The molecule has 5 nitrogen and oxygen atoms in total. The lowest BCUT2D eigenvalue weighted by Crippen LogP contribution is -2.02. The first-order valence-corrected chi connectivity index (χ1v) is 11.8. The summed E-state index contributed by atoms with van der Waals surface area (Å²) in [5, 5.41) is 5.12. The molecule has 0 saturated heterocycles. The molecule has 0 radical (unpaired) electrons. The number of hydrogen-bond donors (Lipinski definition) is 1. The number of nitrogens with zero attached hydrogens (tertiary/aromatic N) is 2. The molecule has 152 valence electrons. The highest BCUT2D eigenvalue weighted by Crippen LogP contribution is 2.31. The van der Waals surface area contributed by atoms with Gasteiger partial charge in [-0.3, -0.25) is 4.98 Å². The highest BCUT2D eigenvalue weighted by atomic mass is 35.5. The van der Waals surface area contributed by atoms with E-state index in [4.69, 9.17) is 23.2 Å². The fourth-order valence-electron chi connectivity index (χ4n) is 3.19. The van der Waals surface area contributed by atoms with Gasteiger partial charge in [-0.15, -0.1) is 0 Å². The van der Waals surface area contributed by atoms with Crippen molar-refractivity contribution in [1.82, 2.24) is 9.97 Å². The summed E-state index contributed by atoms with van der Waals surface area (Å²) >= 11 is 12.2. The van der Waals surface area contributed by atoms with Gasteiger partial charge >= 0.3 is 0 Å². The molecule has 0 bridgehead atoms. The normalized spacial score (nSPS) is 11.6. The van der Waals surface area contributed by atoms with Gasteiger partial charge in [-0.2, -0.15) is 0 Å². The summed E-state index contributed by atoms with van der Waals surface area (Å²) < 4.78 is 23.4. The molecule has 4 rings (SSSR count). The summed E-state index contributed by atoms with van der Waals surface area (Å²) in [6, 6.07) is 17.0. The van der Waals surface area contributed by atoms with E-state index >= 15 is 0 Å². The van der Waals surface area contributed by atoms with Crippen LogP contribution in [-0.4, -0.2) is 24.6 Å². The molecular formula is C22H17Cl2N3O2S. The Balaban J connectivity index is 1.77. The Morgan fingerprint density at radius 3 is 2.57 bits per heavy atom. The molecule has 0 saturated carbocycles. The first-order chi connectivity index (χ1) is 14.3. The Morgan fingerprint density at radius 1 is 0.967 bits per heavy atom. The third-order valence-electron chi connectivity index (χ3n) is 4.51. The number of hydrogen-bond acceptors (Lipinski definition) is 5. The number of halogens is 2. The predicted octanol–water partition coefficient (Wildman–Crippen LogP) is 5.89. The van der Waals surface area contributed by atoms with Crippen LogP contribution in [0.3, 0.4) is 0 Å². The molecule has 2 aromatic carbocycles. The maximum absolute atomic E-state index is 11.7. The second-order valence-corrected chi connectivity index (χ2v) is 9.90. The van der Waals surface area contributed by atoms with Crippen LogP contribution in [0.5, 0.6) is 0 Å². The van der Waals surface area contributed by atoms with Crippen LogP contribution < -0.4 is 5.32 Å². The summed E-state index contributed by atoms with van der Waals surface area (Å²) in [5.74, 6) is -0.163. The molecule has 0 aliphatic rings. The molecule has 0 amide bonds. The van der Waals surface area contributed by atoms with Gasteiger partial charge in [0.1, 0.15) is 5.15 Å². The van der Waals surface area contributed by atoms with E-state index in [2.05, 4.69) is 15.3 Å². The zero-order chi connectivity index (χ0) is 21.3. The van der Waals surface area contributed by atoms with Crippen molar-refractivity contribution in [2.24, 2.45) is 0 Å². The minimum absolute atomic E-state index is 0.163. The van der Waals surface area contributed by atoms with Gasteiger partial charge in [0.05, 0.1) is 11.3 Å². The topological polar surface area (TPSA) is 72.0 Å². The fourth-order valence-corrected chi connectivity index (χ4v) is 4.42. The van der Waals surface area contributed by atoms with E-state index in [0.29, 0.717) is 10.6 Å². The molecule has 0 spiro atoms. The number of benzene rings is 2. The first kappa shape index (κ1) is 20.6. The van der Waals surface area contributed by atoms with Gasteiger partial charge in [-0.1, -0.05) is 35.3 Å². The molecule has 4 aromatic rings. The lowest BCUT2D eigenvalue weighted by atomic mass is 10.0. The third-order valence-corrected chi connectivity index (χ3v) is 5.92. The van der Waals surface area contributed by atoms with Crippen LogP contribution in [-0.2, 0) is 15.6 Å². The van der Waals surface area contributed by atoms with Crippen LogP contribution in [0, 0.1) is 0 Å². The second-order valence-electron chi connectivity index (χ2n) is 6.97. The highest BCUT2D eigenvalue weighted by Gasteiger charge is 2.12. The second kappa shape index (κ2) is 8.22. The number of aromatic nitrogens is 2. The average Bonchev–Trinajstić information content (AvgIpc) is 2.69. The van der Waals surface area contributed by atoms with Gasteiger partial charge in [0.25, 0.3) is 0 Å². The van der Waals surface area contributed by atoms with Crippen molar-refractivity contribution >= 4 is 55.3 Å². The van der Waals surface area contributed by atoms with Crippen LogP contribution in [0.15, 0.2) is 67.0 Å². The maximum Gasteiger partial charge on any atom is 0.151 e. The predicted molar refractivity (Wildman–Crippen MR) is 123 cm³/mol. The summed E-state index contributed by atoms with van der Waals surface area (Å²) in [7, 11) is -3.23. The van der Waals surface area contributed by atoms with Gasteiger partial charge < -0.3 is 5.32 Å². The quantitative estimate of drug-likeness (QED) is 0.378. The fraction of sp³-hybridized carbons (Fsp3) is 0.0909. The van der Waals surface area contributed by atoms with E-state index in [-0.39, 0.29) is 10.9 Å². The molecule has 2 heterocycles. The minimum Gasteiger partial charge on any atom is -0.355 e. The Morgan fingerprint density at radius 2 is 1.80 bits per heavy atom. The number of pyridine rings is 2. The smallest absolute Gasteiger partial charge is 0.151 e. The van der Waals surface area contributed by atoms with Crippen LogP contribution in [0.2, 0.25) is 10.2 Å². The largest absolute Gasteiger partial charge is 0.355 e. The minimum atomic E-state index is -3.23. The standard InChI is InChI=1S/C22H17Cl2N3O2S/c1-30(28,29)13-16-9-15(12-26-22(16)24)14-5-6-20-19(10-14)21(7-8-25-20)27-18-4-2-3-17(23)11-18/h2-12H,13H2,1H3,(H,25,27). The first-order valence-electron chi connectivity index (χ1n) is 9.02. The van der Waals surface area contributed by atoms with Crippen molar-refractivity contribution in [3.8, 4) is 11.1 Å². The van der Waals surface area contributed by atoms with Crippen molar-refractivity contribution in [3.05, 3.63) is 82.7 Å². The van der Waals surface area contributed by atoms with Crippen molar-refractivity contribution in [1.29, 1.82) is 0 Å². The van der Waals surface area contributed by atoms with Crippen molar-refractivity contribution in [2.75, 3.05) is 11.6 Å². The molecule has 0 aliphatic carbocycles. The number of sulfone groups is 1. The van der Waals surface area contributed by atoms with E-state index in [1.807, 2.05) is 48.5 Å². The van der Waals surface area contributed by atoms with Crippen molar-refractivity contribution in [3.63, 3.8) is 0 Å².